The van der Waals surface area contributed by atoms with E-state index in [-0.39, 0.29) is 5.56 Å². The third kappa shape index (κ3) is 2.53. The first kappa shape index (κ1) is 13.5. The minimum Gasteiger partial charge on any atom is -0.309 e. The second-order valence-electron chi connectivity index (χ2n) is 6.24. The molecule has 4 nitrogen and oxygen atoms in total. The zero-order valence-electron chi connectivity index (χ0n) is 12.3. The molecule has 3 heterocycles. The number of H-pyrrole nitrogens is 1. The standard InChI is InChI=1S/C16H21N3OS/c20-15-14-11-6-5-7-12(11)21-16(14)18-13(17-15)10-19-8-3-1-2-4-9-19/h1-10H2,(H,17,18,20). The van der Waals surface area contributed by atoms with Crippen molar-refractivity contribution >= 4 is 21.6 Å². The lowest BCUT2D eigenvalue weighted by molar-refractivity contribution is 0.270. The summed E-state index contributed by atoms with van der Waals surface area (Å²) in [6, 6.07) is 0. The van der Waals surface area contributed by atoms with Gasteiger partial charge in [0.05, 0.1) is 11.9 Å². The maximum absolute atomic E-state index is 12.4. The van der Waals surface area contributed by atoms with E-state index in [1.807, 2.05) is 0 Å². The summed E-state index contributed by atoms with van der Waals surface area (Å²) in [5.41, 5.74) is 1.34. The van der Waals surface area contributed by atoms with Crippen LogP contribution >= 0.6 is 11.3 Å². The molecular formula is C16H21N3OS. The fourth-order valence-electron chi connectivity index (χ4n) is 3.63. The normalized spacial score (nSPS) is 19.8. The molecule has 1 saturated heterocycles. The highest BCUT2D eigenvalue weighted by atomic mass is 32.1. The fraction of sp³-hybridized carbons (Fsp3) is 0.625. The number of aromatic amines is 1. The Labute approximate surface area is 128 Å². The Morgan fingerprint density at radius 3 is 2.71 bits per heavy atom. The van der Waals surface area contributed by atoms with E-state index >= 15 is 0 Å². The Morgan fingerprint density at radius 2 is 1.90 bits per heavy atom. The average molecular weight is 303 g/mol. The van der Waals surface area contributed by atoms with Crippen molar-refractivity contribution < 1.29 is 0 Å². The van der Waals surface area contributed by atoms with Crippen molar-refractivity contribution in [1.29, 1.82) is 0 Å². The molecule has 2 aromatic heterocycles. The van der Waals surface area contributed by atoms with E-state index < -0.39 is 0 Å². The molecule has 2 aromatic rings. The molecule has 0 radical (unpaired) electrons. The molecule has 0 aromatic carbocycles. The number of thiophene rings is 1. The summed E-state index contributed by atoms with van der Waals surface area (Å²) in [6.45, 7) is 3.04. The number of hydrogen-bond acceptors (Lipinski definition) is 4. The van der Waals surface area contributed by atoms with Crippen molar-refractivity contribution in [2.45, 2.75) is 51.5 Å². The van der Waals surface area contributed by atoms with E-state index in [1.165, 1.54) is 42.5 Å². The predicted molar refractivity (Wildman–Crippen MR) is 86.0 cm³/mol. The van der Waals surface area contributed by atoms with Crippen LogP contribution in [0.4, 0.5) is 0 Å². The first-order chi connectivity index (χ1) is 10.3. The van der Waals surface area contributed by atoms with Crippen molar-refractivity contribution in [2.75, 3.05) is 13.1 Å². The minimum atomic E-state index is 0.0734. The van der Waals surface area contributed by atoms with Crippen molar-refractivity contribution in [3.8, 4) is 0 Å². The van der Waals surface area contributed by atoms with Crippen LogP contribution in [0.15, 0.2) is 4.79 Å². The molecule has 1 N–H and O–H groups in total. The van der Waals surface area contributed by atoms with E-state index in [1.54, 1.807) is 11.3 Å². The molecule has 2 aliphatic rings. The summed E-state index contributed by atoms with van der Waals surface area (Å²) in [4.78, 5) is 25.0. The van der Waals surface area contributed by atoms with Gasteiger partial charge in [-0.3, -0.25) is 9.69 Å². The topological polar surface area (TPSA) is 49.0 Å². The molecular weight excluding hydrogens is 282 g/mol. The Balaban J connectivity index is 1.65. The van der Waals surface area contributed by atoms with Crippen LogP contribution in [0.5, 0.6) is 0 Å². The first-order valence-electron chi connectivity index (χ1n) is 8.07. The van der Waals surface area contributed by atoms with Crippen molar-refractivity contribution in [3.63, 3.8) is 0 Å². The molecule has 0 spiro atoms. The summed E-state index contributed by atoms with van der Waals surface area (Å²) < 4.78 is 0. The van der Waals surface area contributed by atoms with Gasteiger partial charge in [0, 0.05) is 4.88 Å². The van der Waals surface area contributed by atoms with Gasteiger partial charge >= 0.3 is 0 Å². The van der Waals surface area contributed by atoms with E-state index in [0.717, 1.165) is 48.5 Å². The number of aromatic nitrogens is 2. The Morgan fingerprint density at radius 1 is 1.10 bits per heavy atom. The van der Waals surface area contributed by atoms with Crippen LogP contribution < -0.4 is 5.56 Å². The molecule has 1 aliphatic carbocycles. The Bertz CT molecular complexity index is 710. The summed E-state index contributed by atoms with van der Waals surface area (Å²) >= 11 is 1.73. The van der Waals surface area contributed by atoms with Crippen LogP contribution in [-0.4, -0.2) is 28.0 Å². The summed E-state index contributed by atoms with van der Waals surface area (Å²) in [5, 5.41) is 0.868. The van der Waals surface area contributed by atoms with Crippen LogP contribution in [-0.2, 0) is 19.4 Å². The number of hydrogen-bond donors (Lipinski definition) is 1. The second kappa shape index (κ2) is 5.54. The number of likely N-dealkylation sites (tertiary alicyclic amines) is 1. The van der Waals surface area contributed by atoms with Crippen molar-refractivity contribution in [2.24, 2.45) is 0 Å². The monoisotopic (exact) mass is 303 g/mol. The van der Waals surface area contributed by atoms with Gasteiger partial charge in [0.25, 0.3) is 5.56 Å². The van der Waals surface area contributed by atoms with Crippen LogP contribution in [0.1, 0.15) is 48.4 Å². The molecule has 0 atom stereocenters. The molecule has 1 aliphatic heterocycles. The molecule has 0 saturated carbocycles. The maximum atomic E-state index is 12.4. The lowest BCUT2D eigenvalue weighted by Gasteiger charge is -2.18. The highest BCUT2D eigenvalue weighted by Gasteiger charge is 2.21. The van der Waals surface area contributed by atoms with E-state index in [2.05, 4.69) is 9.88 Å². The zero-order chi connectivity index (χ0) is 14.2. The van der Waals surface area contributed by atoms with E-state index in [0.29, 0.717) is 0 Å². The molecule has 0 amide bonds. The van der Waals surface area contributed by atoms with Crippen LogP contribution in [0.3, 0.4) is 0 Å². The zero-order valence-corrected chi connectivity index (χ0v) is 13.1. The van der Waals surface area contributed by atoms with Gasteiger partial charge in [-0.05, 0) is 50.8 Å². The highest BCUT2D eigenvalue weighted by molar-refractivity contribution is 7.18. The molecule has 21 heavy (non-hydrogen) atoms. The summed E-state index contributed by atoms with van der Waals surface area (Å²) in [5.74, 6) is 0.842. The largest absolute Gasteiger partial charge is 0.309 e. The fourth-order valence-corrected chi connectivity index (χ4v) is 4.91. The molecule has 0 unspecified atom stereocenters. The molecule has 0 bridgehead atoms. The van der Waals surface area contributed by atoms with Gasteiger partial charge in [0.15, 0.2) is 0 Å². The van der Waals surface area contributed by atoms with Crippen LogP contribution in [0.2, 0.25) is 0 Å². The maximum Gasteiger partial charge on any atom is 0.259 e. The quantitative estimate of drug-likeness (QED) is 0.928. The number of nitrogens with one attached hydrogen (secondary N) is 1. The second-order valence-corrected chi connectivity index (χ2v) is 7.32. The van der Waals surface area contributed by atoms with Gasteiger partial charge in [-0.25, -0.2) is 4.98 Å². The van der Waals surface area contributed by atoms with Gasteiger partial charge < -0.3 is 4.98 Å². The van der Waals surface area contributed by atoms with Crippen molar-refractivity contribution in [1.82, 2.24) is 14.9 Å². The smallest absolute Gasteiger partial charge is 0.259 e. The molecule has 5 heteroatoms. The number of rotatable bonds is 2. The van der Waals surface area contributed by atoms with E-state index in [4.69, 9.17) is 4.98 Å². The molecule has 1 fully saturated rings. The molecule has 4 rings (SSSR count). The molecule has 112 valence electrons. The summed E-state index contributed by atoms with van der Waals surface area (Å²) in [6.07, 6.45) is 8.54. The number of fused-ring (bicyclic) bond motifs is 3. The Hall–Kier alpha value is -1.20. The van der Waals surface area contributed by atoms with Gasteiger partial charge in [-0.15, -0.1) is 11.3 Å². The van der Waals surface area contributed by atoms with E-state index in [9.17, 15) is 4.79 Å². The third-order valence-electron chi connectivity index (χ3n) is 4.70. The van der Waals surface area contributed by atoms with Crippen LogP contribution in [0.25, 0.3) is 10.2 Å². The highest BCUT2D eigenvalue weighted by Crippen LogP contribution is 2.34. The first-order valence-corrected chi connectivity index (χ1v) is 8.89. The third-order valence-corrected chi connectivity index (χ3v) is 5.88. The van der Waals surface area contributed by atoms with Gasteiger partial charge in [-0.2, -0.15) is 0 Å². The summed E-state index contributed by atoms with van der Waals surface area (Å²) in [7, 11) is 0. The average Bonchev–Trinajstić information content (AvgIpc) is 2.92. The van der Waals surface area contributed by atoms with Crippen molar-refractivity contribution in [3.05, 3.63) is 26.6 Å². The van der Waals surface area contributed by atoms with Gasteiger partial charge in [0.2, 0.25) is 0 Å². The lowest BCUT2D eigenvalue weighted by Crippen LogP contribution is -2.26. The SMILES string of the molecule is O=c1[nH]c(CN2CCCCCC2)nc2sc3c(c12)CCC3. The van der Waals surface area contributed by atoms with Crippen LogP contribution in [0, 0.1) is 0 Å². The minimum absolute atomic E-state index is 0.0734. The van der Waals surface area contributed by atoms with Gasteiger partial charge in [0.1, 0.15) is 10.7 Å². The Kier molecular flexibility index (Phi) is 3.55. The predicted octanol–water partition coefficient (Wildman–Crippen LogP) is 2.85. The van der Waals surface area contributed by atoms with Gasteiger partial charge in [-0.1, -0.05) is 12.8 Å². The lowest BCUT2D eigenvalue weighted by atomic mass is 10.2. The number of aryl methyl sites for hydroxylation is 2. The number of nitrogens with zero attached hydrogens (tertiary/aromatic N) is 2.